The SMILES string of the molecule is Cc1ccc(-n2c(CNC(=O)c3ccc(Br)cc3)nnc2SCc2ccccc2C)cc1. The first-order valence-corrected chi connectivity index (χ1v) is 12.0. The number of aryl methyl sites for hydroxylation is 2. The van der Waals surface area contributed by atoms with E-state index in [0.717, 1.165) is 21.1 Å². The van der Waals surface area contributed by atoms with Crippen LogP contribution in [0.3, 0.4) is 0 Å². The van der Waals surface area contributed by atoms with Crippen LogP contribution in [-0.2, 0) is 12.3 Å². The fraction of sp³-hybridized carbons (Fsp3) is 0.160. The summed E-state index contributed by atoms with van der Waals surface area (Å²) in [5.74, 6) is 1.33. The molecule has 0 aliphatic carbocycles. The molecule has 0 atom stereocenters. The minimum atomic E-state index is -0.148. The third-order valence-corrected chi connectivity index (χ3v) is 6.63. The molecule has 0 fully saturated rings. The van der Waals surface area contributed by atoms with Gasteiger partial charge >= 0.3 is 0 Å². The van der Waals surface area contributed by atoms with Gasteiger partial charge in [-0.25, -0.2) is 0 Å². The first-order chi connectivity index (χ1) is 15.5. The summed E-state index contributed by atoms with van der Waals surface area (Å²) in [5, 5.41) is 12.6. The van der Waals surface area contributed by atoms with Crippen molar-refractivity contribution < 1.29 is 4.79 Å². The van der Waals surface area contributed by atoms with Crippen LogP contribution >= 0.6 is 27.7 Å². The normalized spacial score (nSPS) is 10.8. The van der Waals surface area contributed by atoms with Crippen LogP contribution in [-0.4, -0.2) is 20.7 Å². The zero-order chi connectivity index (χ0) is 22.5. The molecule has 0 aliphatic rings. The summed E-state index contributed by atoms with van der Waals surface area (Å²) in [6.07, 6.45) is 0. The number of halogens is 1. The summed E-state index contributed by atoms with van der Waals surface area (Å²) < 4.78 is 2.95. The van der Waals surface area contributed by atoms with Crippen LogP contribution in [0.1, 0.15) is 32.9 Å². The third kappa shape index (κ3) is 5.29. The smallest absolute Gasteiger partial charge is 0.251 e. The Morgan fingerprint density at radius 2 is 1.69 bits per heavy atom. The molecule has 1 aromatic heterocycles. The Hall–Kier alpha value is -2.90. The van der Waals surface area contributed by atoms with Crippen molar-refractivity contribution in [1.82, 2.24) is 20.1 Å². The maximum absolute atomic E-state index is 12.6. The second-order valence-corrected chi connectivity index (χ2v) is 9.33. The lowest BCUT2D eigenvalue weighted by atomic mass is 10.1. The predicted octanol–water partition coefficient (Wildman–Crippen LogP) is 5.87. The first-order valence-electron chi connectivity index (χ1n) is 10.2. The van der Waals surface area contributed by atoms with E-state index in [1.807, 2.05) is 22.8 Å². The quantitative estimate of drug-likeness (QED) is 0.318. The van der Waals surface area contributed by atoms with E-state index in [1.165, 1.54) is 16.7 Å². The molecule has 4 rings (SSSR count). The van der Waals surface area contributed by atoms with Gasteiger partial charge in [-0.05, 0) is 61.4 Å². The molecule has 4 aromatic rings. The minimum absolute atomic E-state index is 0.148. The van der Waals surface area contributed by atoms with E-state index in [1.54, 1.807) is 23.9 Å². The molecular formula is C25H23BrN4OS. The lowest BCUT2D eigenvalue weighted by Gasteiger charge is -2.12. The maximum Gasteiger partial charge on any atom is 0.251 e. The molecule has 32 heavy (non-hydrogen) atoms. The Morgan fingerprint density at radius 1 is 0.969 bits per heavy atom. The number of hydrogen-bond donors (Lipinski definition) is 1. The molecule has 0 bridgehead atoms. The standard InChI is InChI=1S/C25H23BrN4OS/c1-17-7-13-22(14-8-17)30-23(15-27-24(31)19-9-11-21(26)12-10-19)28-29-25(30)32-16-20-6-4-3-5-18(20)2/h3-14H,15-16H2,1-2H3,(H,27,31). The van der Waals surface area contributed by atoms with E-state index in [-0.39, 0.29) is 12.5 Å². The molecule has 5 nitrogen and oxygen atoms in total. The Kier molecular flexibility index (Phi) is 7.07. The summed E-state index contributed by atoms with van der Waals surface area (Å²) >= 11 is 5.03. The van der Waals surface area contributed by atoms with Crippen molar-refractivity contribution in [3.63, 3.8) is 0 Å². The number of nitrogens with one attached hydrogen (secondary N) is 1. The van der Waals surface area contributed by atoms with Gasteiger partial charge in [0.15, 0.2) is 11.0 Å². The minimum Gasteiger partial charge on any atom is -0.345 e. The van der Waals surface area contributed by atoms with Crippen molar-refractivity contribution in [2.75, 3.05) is 0 Å². The summed E-state index contributed by atoms with van der Waals surface area (Å²) in [5.41, 5.74) is 5.27. The Labute approximate surface area is 200 Å². The summed E-state index contributed by atoms with van der Waals surface area (Å²) in [7, 11) is 0. The van der Waals surface area contributed by atoms with Crippen LogP contribution in [0, 0.1) is 13.8 Å². The molecule has 0 saturated heterocycles. The number of rotatable bonds is 7. The number of amides is 1. The van der Waals surface area contributed by atoms with Crippen LogP contribution in [0.25, 0.3) is 5.69 Å². The van der Waals surface area contributed by atoms with Crippen molar-refractivity contribution in [3.8, 4) is 5.69 Å². The summed E-state index contributed by atoms with van der Waals surface area (Å²) in [4.78, 5) is 12.6. The van der Waals surface area contributed by atoms with E-state index in [2.05, 4.69) is 87.8 Å². The molecular weight excluding hydrogens is 484 g/mol. The number of benzene rings is 3. The second kappa shape index (κ2) is 10.1. The Balaban J connectivity index is 1.57. The van der Waals surface area contributed by atoms with Gasteiger partial charge in [-0.1, -0.05) is 69.7 Å². The molecule has 7 heteroatoms. The van der Waals surface area contributed by atoms with Crippen LogP contribution in [0.5, 0.6) is 0 Å². The van der Waals surface area contributed by atoms with Gasteiger partial charge in [0, 0.05) is 21.5 Å². The predicted molar refractivity (Wildman–Crippen MR) is 132 cm³/mol. The highest BCUT2D eigenvalue weighted by Gasteiger charge is 2.16. The molecule has 1 N–H and O–H groups in total. The molecule has 1 amide bonds. The fourth-order valence-electron chi connectivity index (χ4n) is 3.24. The van der Waals surface area contributed by atoms with Gasteiger partial charge in [0.1, 0.15) is 0 Å². The molecule has 0 spiro atoms. The van der Waals surface area contributed by atoms with E-state index in [4.69, 9.17) is 0 Å². The number of nitrogens with zero attached hydrogens (tertiary/aromatic N) is 3. The molecule has 0 aliphatic heterocycles. The molecule has 162 valence electrons. The van der Waals surface area contributed by atoms with Crippen molar-refractivity contribution in [2.45, 2.75) is 31.3 Å². The number of thioether (sulfide) groups is 1. The maximum atomic E-state index is 12.6. The second-order valence-electron chi connectivity index (χ2n) is 7.47. The van der Waals surface area contributed by atoms with Gasteiger partial charge in [0.05, 0.1) is 6.54 Å². The Bertz CT molecular complexity index is 1220. The molecule has 3 aromatic carbocycles. The fourth-order valence-corrected chi connectivity index (χ4v) is 4.55. The first kappa shape index (κ1) is 22.3. The zero-order valence-electron chi connectivity index (χ0n) is 17.9. The molecule has 0 unspecified atom stereocenters. The zero-order valence-corrected chi connectivity index (χ0v) is 20.3. The highest BCUT2D eigenvalue weighted by Crippen LogP contribution is 2.26. The van der Waals surface area contributed by atoms with Crippen molar-refractivity contribution in [2.24, 2.45) is 0 Å². The monoisotopic (exact) mass is 506 g/mol. The van der Waals surface area contributed by atoms with Crippen molar-refractivity contribution in [3.05, 3.63) is 105 Å². The third-order valence-electron chi connectivity index (χ3n) is 5.12. The number of carbonyl (C=O) groups excluding carboxylic acids is 1. The van der Waals surface area contributed by atoms with Gasteiger partial charge < -0.3 is 5.32 Å². The highest BCUT2D eigenvalue weighted by atomic mass is 79.9. The Morgan fingerprint density at radius 3 is 2.41 bits per heavy atom. The average Bonchev–Trinajstić information content (AvgIpc) is 3.20. The lowest BCUT2D eigenvalue weighted by Crippen LogP contribution is -2.24. The van der Waals surface area contributed by atoms with Crippen LogP contribution < -0.4 is 5.32 Å². The van der Waals surface area contributed by atoms with Gasteiger partial charge in [0.2, 0.25) is 0 Å². The largest absolute Gasteiger partial charge is 0.345 e. The number of hydrogen-bond acceptors (Lipinski definition) is 4. The van der Waals surface area contributed by atoms with E-state index >= 15 is 0 Å². The van der Waals surface area contributed by atoms with E-state index < -0.39 is 0 Å². The van der Waals surface area contributed by atoms with Crippen molar-refractivity contribution in [1.29, 1.82) is 0 Å². The average molecular weight is 507 g/mol. The van der Waals surface area contributed by atoms with E-state index in [9.17, 15) is 4.79 Å². The molecule has 0 saturated carbocycles. The van der Waals surface area contributed by atoms with Gasteiger partial charge in [-0.3, -0.25) is 9.36 Å². The van der Waals surface area contributed by atoms with Gasteiger partial charge in [-0.15, -0.1) is 10.2 Å². The highest BCUT2D eigenvalue weighted by molar-refractivity contribution is 9.10. The summed E-state index contributed by atoms with van der Waals surface area (Å²) in [6, 6.07) is 23.9. The topological polar surface area (TPSA) is 59.8 Å². The lowest BCUT2D eigenvalue weighted by molar-refractivity contribution is 0.0949. The molecule has 0 radical (unpaired) electrons. The summed E-state index contributed by atoms with van der Waals surface area (Å²) in [6.45, 7) is 4.45. The van der Waals surface area contributed by atoms with Crippen molar-refractivity contribution >= 4 is 33.6 Å². The van der Waals surface area contributed by atoms with Crippen LogP contribution in [0.15, 0.2) is 82.4 Å². The van der Waals surface area contributed by atoms with Gasteiger partial charge in [0.25, 0.3) is 5.91 Å². The van der Waals surface area contributed by atoms with E-state index in [0.29, 0.717) is 11.4 Å². The van der Waals surface area contributed by atoms with Crippen LogP contribution in [0.2, 0.25) is 0 Å². The van der Waals surface area contributed by atoms with Gasteiger partial charge in [-0.2, -0.15) is 0 Å². The molecule has 1 heterocycles. The number of aromatic nitrogens is 3. The number of carbonyl (C=O) groups is 1. The van der Waals surface area contributed by atoms with Crippen LogP contribution in [0.4, 0.5) is 0 Å².